The van der Waals surface area contributed by atoms with Crippen molar-refractivity contribution in [3.05, 3.63) is 53.1 Å². The Morgan fingerprint density at radius 2 is 1.89 bits per heavy atom. The molecule has 2 aromatic rings. The lowest BCUT2D eigenvalue weighted by Crippen LogP contribution is -2.14. The molecule has 0 fully saturated rings. The maximum atomic E-state index is 13.1. The molecule has 0 aliphatic heterocycles. The summed E-state index contributed by atoms with van der Waals surface area (Å²) in [5, 5.41) is 12.0. The Kier molecular flexibility index (Phi) is 4.01. The summed E-state index contributed by atoms with van der Waals surface area (Å²) in [6.07, 6.45) is 1.65. The van der Waals surface area contributed by atoms with E-state index >= 15 is 0 Å². The van der Waals surface area contributed by atoms with Crippen molar-refractivity contribution in [1.82, 2.24) is 15.3 Å². The summed E-state index contributed by atoms with van der Waals surface area (Å²) in [7, 11) is 0. The maximum absolute atomic E-state index is 13.1. The maximum Gasteiger partial charge on any atom is 0.187 e. The quantitative estimate of drug-likeness (QED) is 0.888. The van der Waals surface area contributed by atoms with Gasteiger partial charge in [0.2, 0.25) is 0 Å². The second-order valence-corrected chi connectivity index (χ2v) is 4.11. The lowest BCUT2D eigenvalue weighted by atomic mass is 10.2. The summed E-state index contributed by atoms with van der Waals surface area (Å²) in [5.74, 6) is -2.21. The first-order valence-electron chi connectivity index (χ1n) is 5.72. The van der Waals surface area contributed by atoms with E-state index in [1.54, 1.807) is 19.2 Å². The van der Waals surface area contributed by atoms with Gasteiger partial charge in [0.05, 0.1) is 5.69 Å². The Labute approximate surface area is 109 Å². The number of phenols is 1. The molecule has 19 heavy (non-hydrogen) atoms. The van der Waals surface area contributed by atoms with Crippen LogP contribution in [0, 0.1) is 18.6 Å². The molecule has 4 nitrogen and oxygen atoms in total. The Hall–Kier alpha value is -2.08. The summed E-state index contributed by atoms with van der Waals surface area (Å²) in [6, 6.07) is 3.95. The topological polar surface area (TPSA) is 58.0 Å². The molecule has 2 rings (SSSR count). The highest BCUT2D eigenvalue weighted by Crippen LogP contribution is 2.21. The molecule has 0 aliphatic carbocycles. The predicted octanol–water partition coefficient (Wildman–Crippen LogP) is 2.06. The Balaban J connectivity index is 1.96. The molecule has 0 spiro atoms. The average molecular weight is 265 g/mol. The van der Waals surface area contributed by atoms with Crippen LogP contribution in [-0.4, -0.2) is 15.1 Å². The molecule has 100 valence electrons. The number of aromatic nitrogens is 2. The monoisotopic (exact) mass is 265 g/mol. The molecule has 0 radical (unpaired) electrons. The van der Waals surface area contributed by atoms with Gasteiger partial charge in [0.25, 0.3) is 0 Å². The zero-order valence-electron chi connectivity index (χ0n) is 10.3. The van der Waals surface area contributed by atoms with Gasteiger partial charge in [-0.2, -0.15) is 0 Å². The average Bonchev–Trinajstić information content (AvgIpc) is 2.36. The highest BCUT2D eigenvalue weighted by molar-refractivity contribution is 5.29. The van der Waals surface area contributed by atoms with Gasteiger partial charge < -0.3 is 10.4 Å². The number of hydrogen-bond acceptors (Lipinski definition) is 4. The van der Waals surface area contributed by atoms with Crippen LogP contribution in [0.5, 0.6) is 5.75 Å². The number of halogens is 2. The normalized spacial score (nSPS) is 10.7. The summed E-state index contributed by atoms with van der Waals surface area (Å²) in [5.41, 5.74) is 1.21. The molecule has 0 saturated heterocycles. The first-order valence-corrected chi connectivity index (χ1v) is 5.72. The minimum atomic E-state index is -0.963. The molecule has 1 aromatic carbocycles. The van der Waals surface area contributed by atoms with Gasteiger partial charge in [0, 0.05) is 19.3 Å². The van der Waals surface area contributed by atoms with E-state index in [2.05, 4.69) is 15.3 Å². The van der Waals surface area contributed by atoms with Gasteiger partial charge in [-0.25, -0.2) is 18.7 Å². The SMILES string of the molecule is Cc1nccc(CNCc2cc(F)c(O)c(F)c2)n1. The van der Waals surface area contributed by atoms with E-state index in [1.807, 2.05) is 0 Å². The molecule has 0 saturated carbocycles. The fourth-order valence-corrected chi connectivity index (χ4v) is 1.66. The number of nitrogens with one attached hydrogen (secondary N) is 1. The van der Waals surface area contributed by atoms with Crippen LogP contribution in [0.15, 0.2) is 24.4 Å². The first-order chi connectivity index (χ1) is 9.06. The number of phenolic OH excluding ortho intramolecular Hbond substituents is 1. The third-order valence-corrected chi connectivity index (χ3v) is 2.55. The van der Waals surface area contributed by atoms with Crippen molar-refractivity contribution < 1.29 is 13.9 Å². The largest absolute Gasteiger partial charge is 0.503 e. The molecule has 2 N–H and O–H groups in total. The van der Waals surface area contributed by atoms with Gasteiger partial charge in [-0.3, -0.25) is 0 Å². The molecule has 6 heteroatoms. The minimum Gasteiger partial charge on any atom is -0.503 e. The number of rotatable bonds is 4. The van der Waals surface area contributed by atoms with Crippen LogP contribution in [-0.2, 0) is 13.1 Å². The predicted molar refractivity (Wildman–Crippen MR) is 65.3 cm³/mol. The summed E-state index contributed by atoms with van der Waals surface area (Å²) in [4.78, 5) is 8.16. The summed E-state index contributed by atoms with van der Waals surface area (Å²) >= 11 is 0. The van der Waals surface area contributed by atoms with E-state index in [0.29, 0.717) is 17.9 Å². The van der Waals surface area contributed by atoms with Gasteiger partial charge in [-0.05, 0) is 30.7 Å². The smallest absolute Gasteiger partial charge is 0.187 e. The van der Waals surface area contributed by atoms with Gasteiger partial charge in [0.15, 0.2) is 17.4 Å². The van der Waals surface area contributed by atoms with Crippen LogP contribution in [0.2, 0.25) is 0 Å². The van der Waals surface area contributed by atoms with Gasteiger partial charge in [-0.15, -0.1) is 0 Å². The van der Waals surface area contributed by atoms with E-state index in [4.69, 9.17) is 5.11 Å². The molecular weight excluding hydrogens is 252 g/mol. The van der Waals surface area contributed by atoms with Crippen molar-refractivity contribution in [2.75, 3.05) is 0 Å². The third kappa shape index (κ3) is 3.45. The van der Waals surface area contributed by atoms with Gasteiger partial charge >= 0.3 is 0 Å². The second kappa shape index (κ2) is 5.71. The van der Waals surface area contributed by atoms with Crippen molar-refractivity contribution in [2.45, 2.75) is 20.0 Å². The first kappa shape index (κ1) is 13.4. The molecule has 0 aliphatic rings. The Bertz CT molecular complexity index is 567. The lowest BCUT2D eigenvalue weighted by molar-refractivity contribution is 0.395. The van der Waals surface area contributed by atoms with E-state index in [9.17, 15) is 8.78 Å². The fourth-order valence-electron chi connectivity index (χ4n) is 1.66. The van der Waals surface area contributed by atoms with E-state index in [0.717, 1.165) is 17.8 Å². The minimum absolute atomic E-state index is 0.275. The van der Waals surface area contributed by atoms with Crippen LogP contribution in [0.1, 0.15) is 17.1 Å². The van der Waals surface area contributed by atoms with Crippen molar-refractivity contribution in [1.29, 1.82) is 0 Å². The third-order valence-electron chi connectivity index (χ3n) is 2.55. The van der Waals surface area contributed by atoms with E-state index in [1.165, 1.54) is 0 Å². The number of nitrogens with zero attached hydrogens (tertiary/aromatic N) is 2. The lowest BCUT2D eigenvalue weighted by Gasteiger charge is -2.06. The highest BCUT2D eigenvalue weighted by Gasteiger charge is 2.09. The fraction of sp³-hybridized carbons (Fsp3) is 0.231. The molecule has 1 aromatic heterocycles. The molecule has 0 unspecified atom stereocenters. The standard InChI is InChI=1S/C13H13F2N3O/c1-8-17-3-2-10(18-8)7-16-6-9-4-11(14)13(19)12(15)5-9/h2-5,16,19H,6-7H2,1H3. The van der Waals surface area contributed by atoms with Gasteiger partial charge in [-0.1, -0.05) is 0 Å². The van der Waals surface area contributed by atoms with Crippen molar-refractivity contribution in [3.63, 3.8) is 0 Å². The number of aryl methyl sites for hydroxylation is 1. The van der Waals surface area contributed by atoms with Crippen LogP contribution < -0.4 is 5.32 Å². The summed E-state index contributed by atoms with van der Waals surface area (Å²) < 4.78 is 26.2. The summed E-state index contributed by atoms with van der Waals surface area (Å²) in [6.45, 7) is 2.53. The molecule has 0 bridgehead atoms. The van der Waals surface area contributed by atoms with Crippen molar-refractivity contribution in [3.8, 4) is 5.75 Å². The molecular formula is C13H13F2N3O. The van der Waals surface area contributed by atoms with Crippen molar-refractivity contribution in [2.24, 2.45) is 0 Å². The number of benzene rings is 1. The van der Waals surface area contributed by atoms with E-state index in [-0.39, 0.29) is 6.54 Å². The zero-order valence-corrected chi connectivity index (χ0v) is 10.3. The number of hydrogen-bond donors (Lipinski definition) is 2. The zero-order chi connectivity index (χ0) is 13.8. The van der Waals surface area contributed by atoms with Crippen LogP contribution >= 0.6 is 0 Å². The van der Waals surface area contributed by atoms with Crippen LogP contribution in [0.4, 0.5) is 8.78 Å². The second-order valence-electron chi connectivity index (χ2n) is 4.11. The Morgan fingerprint density at radius 1 is 1.21 bits per heavy atom. The van der Waals surface area contributed by atoms with Crippen LogP contribution in [0.25, 0.3) is 0 Å². The Morgan fingerprint density at radius 3 is 2.53 bits per heavy atom. The van der Waals surface area contributed by atoms with Gasteiger partial charge in [0.1, 0.15) is 5.82 Å². The van der Waals surface area contributed by atoms with E-state index < -0.39 is 17.4 Å². The molecule has 0 amide bonds. The van der Waals surface area contributed by atoms with Crippen LogP contribution in [0.3, 0.4) is 0 Å². The van der Waals surface area contributed by atoms with Crippen molar-refractivity contribution >= 4 is 0 Å². The number of aromatic hydroxyl groups is 1. The molecule has 0 atom stereocenters. The molecule has 1 heterocycles. The highest BCUT2D eigenvalue weighted by atomic mass is 19.1.